The van der Waals surface area contributed by atoms with Crippen molar-refractivity contribution >= 4 is 5.97 Å². The van der Waals surface area contributed by atoms with Gasteiger partial charge in [0.25, 0.3) is 0 Å². The van der Waals surface area contributed by atoms with Gasteiger partial charge in [-0.1, -0.05) is 6.42 Å². The van der Waals surface area contributed by atoms with E-state index in [1.54, 1.807) is 7.05 Å². The molecule has 4 heteroatoms. The normalized spacial score (nSPS) is 21.7. The third-order valence-corrected chi connectivity index (χ3v) is 2.25. The van der Waals surface area contributed by atoms with Crippen LogP contribution >= 0.6 is 0 Å². The summed E-state index contributed by atoms with van der Waals surface area (Å²) in [5.74, 6) is -0.269. The third kappa shape index (κ3) is 2.79. The molecule has 0 amide bonds. The van der Waals surface area contributed by atoms with Gasteiger partial charge in [0.05, 0.1) is 0 Å². The van der Waals surface area contributed by atoms with Gasteiger partial charge in [-0.2, -0.15) is 5.11 Å². The summed E-state index contributed by atoms with van der Waals surface area (Å²) in [6, 6.07) is 0. The highest BCUT2D eigenvalue weighted by Crippen LogP contribution is 2.33. The lowest BCUT2D eigenvalue weighted by atomic mass is 9.92. The van der Waals surface area contributed by atoms with E-state index >= 15 is 0 Å². The van der Waals surface area contributed by atoms with Gasteiger partial charge in [-0.05, 0) is 12.8 Å². The molecule has 0 aromatic heterocycles. The van der Waals surface area contributed by atoms with Crippen LogP contribution in [0.2, 0.25) is 0 Å². The summed E-state index contributed by atoms with van der Waals surface area (Å²) in [5, 5.41) is 7.77. The van der Waals surface area contributed by atoms with Gasteiger partial charge in [0.2, 0.25) is 5.72 Å². The fraction of sp³-hybridized carbons (Fsp3) is 0.889. The van der Waals surface area contributed by atoms with Gasteiger partial charge in [0, 0.05) is 26.8 Å². The maximum atomic E-state index is 10.9. The molecule has 4 nitrogen and oxygen atoms in total. The number of hydrogen-bond donors (Lipinski definition) is 0. The van der Waals surface area contributed by atoms with E-state index < -0.39 is 5.72 Å². The molecule has 0 aromatic carbocycles. The average Bonchev–Trinajstić information content (AvgIpc) is 2.04. The summed E-state index contributed by atoms with van der Waals surface area (Å²) in [4.78, 5) is 10.9. The fourth-order valence-corrected chi connectivity index (χ4v) is 1.78. The quantitative estimate of drug-likeness (QED) is 0.488. The number of hydrogen-bond acceptors (Lipinski definition) is 4. The Kier molecular flexibility index (Phi) is 3.39. The van der Waals surface area contributed by atoms with Crippen LogP contribution in [0.5, 0.6) is 0 Å². The van der Waals surface area contributed by atoms with E-state index in [4.69, 9.17) is 4.74 Å². The Balaban J connectivity index is 2.66. The van der Waals surface area contributed by atoms with E-state index in [0.29, 0.717) is 0 Å². The molecule has 1 aliphatic carbocycles. The van der Waals surface area contributed by atoms with Crippen molar-refractivity contribution in [1.29, 1.82) is 0 Å². The molecule has 0 aromatic rings. The van der Waals surface area contributed by atoms with E-state index in [0.717, 1.165) is 25.7 Å². The van der Waals surface area contributed by atoms with E-state index in [1.165, 1.54) is 13.3 Å². The van der Waals surface area contributed by atoms with Crippen LogP contribution in [0.3, 0.4) is 0 Å². The van der Waals surface area contributed by atoms with Crippen LogP contribution < -0.4 is 0 Å². The second kappa shape index (κ2) is 4.35. The number of ether oxygens (including phenoxy) is 1. The molecule has 0 atom stereocenters. The van der Waals surface area contributed by atoms with Gasteiger partial charge in [-0.15, -0.1) is 5.11 Å². The van der Waals surface area contributed by atoms with Crippen LogP contribution in [0, 0.1) is 0 Å². The van der Waals surface area contributed by atoms with Gasteiger partial charge in [-0.3, -0.25) is 4.79 Å². The highest BCUT2D eigenvalue weighted by atomic mass is 16.6. The van der Waals surface area contributed by atoms with E-state index in [1.807, 2.05) is 0 Å². The SMILES string of the molecule is CN=NC1(OC(C)=O)CCCCC1. The summed E-state index contributed by atoms with van der Waals surface area (Å²) in [7, 11) is 1.61. The molecule has 0 saturated heterocycles. The standard InChI is InChI=1S/C9H16N2O2/c1-8(12)13-9(11-10-2)6-4-3-5-7-9/h3-7H2,1-2H3. The van der Waals surface area contributed by atoms with Crippen LogP contribution in [0.15, 0.2) is 10.2 Å². The van der Waals surface area contributed by atoms with Crippen molar-refractivity contribution in [1.82, 2.24) is 0 Å². The molecule has 1 aliphatic rings. The minimum atomic E-state index is -0.640. The van der Waals surface area contributed by atoms with Gasteiger partial charge < -0.3 is 4.74 Å². The first-order chi connectivity index (χ1) is 6.18. The van der Waals surface area contributed by atoms with Crippen molar-refractivity contribution in [2.24, 2.45) is 10.2 Å². The summed E-state index contributed by atoms with van der Waals surface area (Å²) < 4.78 is 5.22. The molecule has 1 saturated carbocycles. The molecular formula is C9H16N2O2. The maximum absolute atomic E-state index is 10.9. The molecule has 0 bridgehead atoms. The van der Waals surface area contributed by atoms with Gasteiger partial charge in [0.15, 0.2) is 0 Å². The van der Waals surface area contributed by atoms with Crippen LogP contribution in [-0.4, -0.2) is 18.7 Å². The molecule has 0 N–H and O–H groups in total. The van der Waals surface area contributed by atoms with Crippen molar-refractivity contribution in [3.05, 3.63) is 0 Å². The highest BCUT2D eigenvalue weighted by Gasteiger charge is 2.34. The van der Waals surface area contributed by atoms with Crippen molar-refractivity contribution in [2.75, 3.05) is 7.05 Å². The van der Waals surface area contributed by atoms with Crippen LogP contribution in [0.25, 0.3) is 0 Å². The molecule has 0 radical (unpaired) electrons. The van der Waals surface area contributed by atoms with Crippen molar-refractivity contribution in [2.45, 2.75) is 44.8 Å². The molecule has 1 rings (SSSR count). The molecule has 1 fully saturated rings. The second-order valence-corrected chi connectivity index (χ2v) is 3.40. The predicted octanol–water partition coefficient (Wildman–Crippen LogP) is 2.29. The van der Waals surface area contributed by atoms with Crippen LogP contribution in [0.1, 0.15) is 39.0 Å². The van der Waals surface area contributed by atoms with Crippen molar-refractivity contribution in [3.8, 4) is 0 Å². The van der Waals surface area contributed by atoms with E-state index in [-0.39, 0.29) is 5.97 Å². The molecular weight excluding hydrogens is 168 g/mol. The maximum Gasteiger partial charge on any atom is 0.304 e. The Hall–Kier alpha value is -0.930. The Bertz CT molecular complexity index is 208. The highest BCUT2D eigenvalue weighted by molar-refractivity contribution is 5.66. The number of esters is 1. The fourth-order valence-electron chi connectivity index (χ4n) is 1.78. The summed E-state index contributed by atoms with van der Waals surface area (Å²) in [5.41, 5.74) is -0.640. The first-order valence-corrected chi connectivity index (χ1v) is 4.69. The largest absolute Gasteiger partial charge is 0.436 e. The number of carbonyl (C=O) groups is 1. The zero-order chi connectivity index (χ0) is 9.73. The van der Waals surface area contributed by atoms with Gasteiger partial charge in [0.1, 0.15) is 0 Å². The van der Waals surface area contributed by atoms with E-state index in [9.17, 15) is 4.79 Å². The van der Waals surface area contributed by atoms with Crippen molar-refractivity contribution in [3.63, 3.8) is 0 Å². The monoisotopic (exact) mass is 184 g/mol. The minimum Gasteiger partial charge on any atom is -0.436 e. The van der Waals surface area contributed by atoms with Gasteiger partial charge >= 0.3 is 5.97 Å². The smallest absolute Gasteiger partial charge is 0.304 e. The lowest BCUT2D eigenvalue weighted by Crippen LogP contribution is -2.34. The Morgan fingerprint density at radius 2 is 1.92 bits per heavy atom. The zero-order valence-corrected chi connectivity index (χ0v) is 8.25. The Morgan fingerprint density at radius 3 is 2.38 bits per heavy atom. The molecule has 13 heavy (non-hydrogen) atoms. The predicted molar refractivity (Wildman–Crippen MR) is 48.4 cm³/mol. The lowest BCUT2D eigenvalue weighted by molar-refractivity contribution is -0.160. The number of azo groups is 1. The number of rotatable bonds is 2. The molecule has 74 valence electrons. The summed E-state index contributed by atoms with van der Waals surface area (Å²) in [6.45, 7) is 1.42. The summed E-state index contributed by atoms with van der Waals surface area (Å²) >= 11 is 0. The lowest BCUT2D eigenvalue weighted by Gasteiger charge is -2.31. The van der Waals surface area contributed by atoms with E-state index in [2.05, 4.69) is 10.2 Å². The van der Waals surface area contributed by atoms with Crippen LogP contribution in [-0.2, 0) is 9.53 Å². The molecule has 0 heterocycles. The molecule has 0 aliphatic heterocycles. The third-order valence-electron chi connectivity index (χ3n) is 2.25. The first-order valence-electron chi connectivity index (χ1n) is 4.69. The molecule has 0 unspecified atom stereocenters. The second-order valence-electron chi connectivity index (χ2n) is 3.40. The Labute approximate surface area is 78.4 Å². The average molecular weight is 184 g/mol. The Morgan fingerprint density at radius 1 is 1.31 bits per heavy atom. The first kappa shape index (κ1) is 10.2. The number of nitrogens with zero attached hydrogens (tertiary/aromatic N) is 2. The molecule has 0 spiro atoms. The van der Waals surface area contributed by atoms with Crippen molar-refractivity contribution < 1.29 is 9.53 Å². The summed E-state index contributed by atoms with van der Waals surface area (Å²) in [6.07, 6.45) is 4.94. The number of carbonyl (C=O) groups excluding carboxylic acids is 1. The van der Waals surface area contributed by atoms with Gasteiger partial charge in [-0.25, -0.2) is 0 Å². The minimum absolute atomic E-state index is 0.269. The topological polar surface area (TPSA) is 51.0 Å². The van der Waals surface area contributed by atoms with Crippen LogP contribution in [0.4, 0.5) is 0 Å². The zero-order valence-electron chi connectivity index (χ0n) is 8.25.